The normalized spacial score (nSPS) is 11.8. The van der Waals surface area contributed by atoms with Crippen LogP contribution in [0.1, 0.15) is 71.6 Å². The van der Waals surface area contributed by atoms with Gasteiger partial charge in [0.25, 0.3) is 0 Å². The van der Waals surface area contributed by atoms with E-state index >= 15 is 0 Å². The fourth-order valence-corrected chi connectivity index (χ4v) is 3.85. The topological polar surface area (TPSA) is 117 Å². The van der Waals surface area contributed by atoms with Crippen molar-refractivity contribution >= 4 is 29.5 Å². The molecule has 0 aliphatic heterocycles. The van der Waals surface area contributed by atoms with Crippen molar-refractivity contribution in [3.63, 3.8) is 0 Å². The lowest BCUT2D eigenvalue weighted by Gasteiger charge is -2.23. The Balaban J connectivity index is 2.43. The van der Waals surface area contributed by atoms with E-state index in [0.29, 0.717) is 0 Å². The number of carbonyl (C=O) groups is 4. The van der Waals surface area contributed by atoms with Crippen molar-refractivity contribution in [3.05, 3.63) is 53.1 Å². The van der Waals surface area contributed by atoms with E-state index in [-0.39, 0.29) is 57.5 Å². The van der Waals surface area contributed by atoms with E-state index in [4.69, 9.17) is 18.9 Å². The standard InChI is InChI=1S/C27H33NO8/c1-16(15-27(2,3)4)10-23(29)28-21-14-17(24(30)33-5)8-9-22(21)36-20-12-18(25(31)34-6)11-19(13-20)26(32)35-7/h8-9,11-14,16H,10,15H2,1-7H3,(H,28,29). The number of anilines is 1. The monoisotopic (exact) mass is 499 g/mol. The smallest absolute Gasteiger partial charge is 0.338 e. The molecular weight excluding hydrogens is 466 g/mol. The predicted molar refractivity (Wildman–Crippen MR) is 133 cm³/mol. The molecule has 0 saturated heterocycles. The number of nitrogens with one attached hydrogen (secondary N) is 1. The number of hydrogen-bond donors (Lipinski definition) is 1. The first kappa shape index (κ1) is 28.4. The Bertz CT molecular complexity index is 1100. The number of rotatable bonds is 9. The van der Waals surface area contributed by atoms with Crippen LogP contribution in [-0.4, -0.2) is 45.1 Å². The summed E-state index contributed by atoms with van der Waals surface area (Å²) < 4.78 is 20.3. The molecule has 9 heteroatoms. The molecule has 36 heavy (non-hydrogen) atoms. The first-order valence-electron chi connectivity index (χ1n) is 11.4. The summed E-state index contributed by atoms with van der Waals surface area (Å²) in [6.45, 7) is 8.33. The van der Waals surface area contributed by atoms with Crippen molar-refractivity contribution in [1.29, 1.82) is 0 Å². The lowest BCUT2D eigenvalue weighted by Crippen LogP contribution is -2.19. The lowest BCUT2D eigenvalue weighted by molar-refractivity contribution is -0.117. The first-order chi connectivity index (χ1) is 16.9. The fourth-order valence-electron chi connectivity index (χ4n) is 3.85. The summed E-state index contributed by atoms with van der Waals surface area (Å²) in [6.07, 6.45) is 1.12. The number of amides is 1. The van der Waals surface area contributed by atoms with Gasteiger partial charge in [-0.25, -0.2) is 14.4 Å². The van der Waals surface area contributed by atoms with Crippen LogP contribution in [-0.2, 0) is 19.0 Å². The van der Waals surface area contributed by atoms with Crippen LogP contribution in [0.3, 0.4) is 0 Å². The molecular formula is C27H33NO8. The van der Waals surface area contributed by atoms with Gasteiger partial charge >= 0.3 is 17.9 Å². The van der Waals surface area contributed by atoms with E-state index in [9.17, 15) is 19.2 Å². The summed E-state index contributed by atoms with van der Waals surface area (Å²) >= 11 is 0. The molecule has 0 radical (unpaired) electrons. The zero-order valence-corrected chi connectivity index (χ0v) is 21.7. The third-order valence-electron chi connectivity index (χ3n) is 5.15. The van der Waals surface area contributed by atoms with Gasteiger partial charge in [0.15, 0.2) is 5.75 Å². The number of ether oxygens (including phenoxy) is 4. The Hall–Kier alpha value is -3.88. The fraction of sp³-hybridized carbons (Fsp3) is 0.407. The highest BCUT2D eigenvalue weighted by molar-refractivity contribution is 5.97. The third kappa shape index (κ3) is 8.11. The molecule has 0 heterocycles. The zero-order valence-electron chi connectivity index (χ0n) is 21.7. The Kier molecular flexibility index (Phi) is 9.60. The van der Waals surface area contributed by atoms with Crippen LogP contribution in [0.4, 0.5) is 5.69 Å². The summed E-state index contributed by atoms with van der Waals surface area (Å²) in [6, 6.07) is 8.52. The Labute approximate surface area is 211 Å². The summed E-state index contributed by atoms with van der Waals surface area (Å²) in [7, 11) is 3.69. The van der Waals surface area contributed by atoms with Gasteiger partial charge in [-0.15, -0.1) is 0 Å². The van der Waals surface area contributed by atoms with Gasteiger partial charge in [0.1, 0.15) is 5.75 Å². The maximum Gasteiger partial charge on any atom is 0.338 e. The molecule has 194 valence electrons. The zero-order chi connectivity index (χ0) is 27.0. The Morgan fingerprint density at radius 1 is 0.806 bits per heavy atom. The van der Waals surface area contributed by atoms with Crippen LogP contribution in [0.2, 0.25) is 0 Å². The molecule has 0 saturated carbocycles. The van der Waals surface area contributed by atoms with Crippen molar-refractivity contribution in [2.75, 3.05) is 26.6 Å². The third-order valence-corrected chi connectivity index (χ3v) is 5.15. The maximum atomic E-state index is 12.8. The van der Waals surface area contributed by atoms with Crippen LogP contribution in [0.25, 0.3) is 0 Å². The summed E-state index contributed by atoms with van der Waals surface area (Å²) in [5.74, 6) is -1.74. The molecule has 2 aromatic carbocycles. The average molecular weight is 500 g/mol. The molecule has 0 fully saturated rings. The highest BCUT2D eigenvalue weighted by Gasteiger charge is 2.20. The predicted octanol–water partition coefficient (Wildman–Crippen LogP) is 5.24. The summed E-state index contributed by atoms with van der Waals surface area (Å²) in [4.78, 5) is 49.1. The highest BCUT2D eigenvalue weighted by Crippen LogP contribution is 2.33. The minimum absolute atomic E-state index is 0.0702. The van der Waals surface area contributed by atoms with E-state index in [2.05, 4.69) is 26.1 Å². The van der Waals surface area contributed by atoms with E-state index in [1.165, 1.54) is 57.7 Å². The molecule has 1 amide bonds. The largest absolute Gasteiger partial charge is 0.465 e. The number of hydrogen-bond acceptors (Lipinski definition) is 8. The average Bonchev–Trinajstić information content (AvgIpc) is 2.81. The van der Waals surface area contributed by atoms with E-state index in [1.807, 2.05) is 6.92 Å². The lowest BCUT2D eigenvalue weighted by atomic mass is 9.84. The van der Waals surface area contributed by atoms with E-state index in [0.717, 1.165) is 6.42 Å². The first-order valence-corrected chi connectivity index (χ1v) is 11.4. The second kappa shape index (κ2) is 12.2. The van der Waals surface area contributed by atoms with Gasteiger partial charge in [-0.3, -0.25) is 4.79 Å². The van der Waals surface area contributed by atoms with Gasteiger partial charge in [-0.2, -0.15) is 0 Å². The van der Waals surface area contributed by atoms with Crippen molar-refractivity contribution in [3.8, 4) is 11.5 Å². The van der Waals surface area contributed by atoms with Crippen LogP contribution < -0.4 is 10.1 Å². The van der Waals surface area contributed by atoms with Gasteiger partial charge < -0.3 is 24.3 Å². The van der Waals surface area contributed by atoms with Crippen LogP contribution in [0, 0.1) is 11.3 Å². The molecule has 0 bridgehead atoms. The molecule has 1 unspecified atom stereocenters. The number of carbonyl (C=O) groups excluding carboxylic acids is 4. The van der Waals surface area contributed by atoms with Gasteiger partial charge in [-0.1, -0.05) is 27.7 Å². The Morgan fingerprint density at radius 3 is 1.83 bits per heavy atom. The number of benzene rings is 2. The van der Waals surface area contributed by atoms with Crippen molar-refractivity contribution in [2.45, 2.75) is 40.5 Å². The number of methoxy groups -OCH3 is 3. The summed E-state index contributed by atoms with van der Waals surface area (Å²) in [5.41, 5.74) is 0.655. The SMILES string of the molecule is COC(=O)c1cc(Oc2ccc(C(=O)OC)cc2NC(=O)CC(C)CC(C)(C)C)cc(C(=O)OC)c1. The second-order valence-electron chi connectivity index (χ2n) is 9.66. The van der Waals surface area contributed by atoms with Gasteiger partial charge in [-0.05, 0) is 54.2 Å². The minimum Gasteiger partial charge on any atom is -0.465 e. The molecule has 1 atom stereocenters. The van der Waals surface area contributed by atoms with Crippen LogP contribution >= 0.6 is 0 Å². The molecule has 2 rings (SSSR count). The minimum atomic E-state index is -0.673. The van der Waals surface area contributed by atoms with Crippen molar-refractivity contribution < 1.29 is 38.1 Å². The van der Waals surface area contributed by atoms with Crippen molar-refractivity contribution in [2.24, 2.45) is 11.3 Å². The Morgan fingerprint density at radius 2 is 1.33 bits per heavy atom. The molecule has 0 spiro atoms. The molecule has 2 aromatic rings. The number of esters is 3. The van der Waals surface area contributed by atoms with Crippen LogP contribution in [0.15, 0.2) is 36.4 Å². The maximum absolute atomic E-state index is 12.8. The van der Waals surface area contributed by atoms with Crippen molar-refractivity contribution in [1.82, 2.24) is 0 Å². The van der Waals surface area contributed by atoms with Gasteiger partial charge in [0.2, 0.25) is 5.91 Å². The quantitative estimate of drug-likeness (QED) is 0.368. The molecule has 0 aliphatic rings. The molecule has 0 aromatic heterocycles. The highest BCUT2D eigenvalue weighted by atomic mass is 16.5. The van der Waals surface area contributed by atoms with Gasteiger partial charge in [0.05, 0.1) is 43.7 Å². The summed E-state index contributed by atoms with van der Waals surface area (Å²) in [5, 5.41) is 2.81. The van der Waals surface area contributed by atoms with Gasteiger partial charge in [0, 0.05) is 6.42 Å². The second-order valence-corrected chi connectivity index (χ2v) is 9.66. The molecule has 0 aliphatic carbocycles. The molecule has 1 N–H and O–H groups in total. The van der Waals surface area contributed by atoms with Crippen LogP contribution in [0.5, 0.6) is 11.5 Å². The molecule has 9 nitrogen and oxygen atoms in total. The van der Waals surface area contributed by atoms with E-state index in [1.54, 1.807) is 0 Å². The van der Waals surface area contributed by atoms with E-state index < -0.39 is 17.9 Å².